The van der Waals surface area contributed by atoms with Gasteiger partial charge in [0.05, 0.1) is 17.0 Å². The predicted octanol–water partition coefficient (Wildman–Crippen LogP) is 4.87. The molecule has 1 amide bonds. The zero-order valence-corrected chi connectivity index (χ0v) is 16.7. The number of rotatable bonds is 4. The van der Waals surface area contributed by atoms with E-state index in [0.29, 0.717) is 5.69 Å². The first-order valence-corrected chi connectivity index (χ1v) is 9.15. The Bertz CT molecular complexity index is 1040. The minimum atomic E-state index is -4.51. The van der Waals surface area contributed by atoms with Gasteiger partial charge in [0.2, 0.25) is 5.91 Å². The monoisotopic (exact) mass is 451 g/mol. The van der Waals surface area contributed by atoms with Crippen molar-refractivity contribution < 1.29 is 18.0 Å². The van der Waals surface area contributed by atoms with Gasteiger partial charge in [0.15, 0.2) is 0 Å². The minimum Gasteiger partial charge on any atom is -0.366 e. The molecule has 0 aliphatic carbocycles. The fourth-order valence-electron chi connectivity index (χ4n) is 3.20. The molecule has 1 aromatic heterocycles. The van der Waals surface area contributed by atoms with Gasteiger partial charge >= 0.3 is 6.18 Å². The molecule has 0 saturated heterocycles. The van der Waals surface area contributed by atoms with Gasteiger partial charge in [-0.2, -0.15) is 18.3 Å². The molecule has 0 aliphatic rings. The highest BCUT2D eigenvalue weighted by Gasteiger charge is 2.31. The van der Waals surface area contributed by atoms with Crippen LogP contribution in [0.3, 0.4) is 0 Å². The van der Waals surface area contributed by atoms with Crippen LogP contribution < -0.4 is 5.73 Å². The highest BCUT2D eigenvalue weighted by Crippen LogP contribution is 2.32. The molecule has 0 aliphatic heterocycles. The molecule has 0 atom stereocenters. The van der Waals surface area contributed by atoms with Gasteiger partial charge in [-0.3, -0.25) is 9.48 Å². The molecule has 0 spiro atoms. The molecule has 0 fully saturated rings. The first-order valence-electron chi connectivity index (χ1n) is 8.36. The standard InChI is InChI=1S/C20H17BrF3N3O/c1-11-17(26-27(2)18(11)12-3-6-15(21)7-4-12)10-13-9-14(20(22,23)24)5-8-16(13)19(25)28/h3-9H,10H2,1-2H3,(H2,25,28). The van der Waals surface area contributed by atoms with Gasteiger partial charge in [0, 0.05) is 29.1 Å². The largest absolute Gasteiger partial charge is 0.416 e. The maximum atomic E-state index is 13.1. The van der Waals surface area contributed by atoms with Gasteiger partial charge < -0.3 is 5.73 Å². The smallest absolute Gasteiger partial charge is 0.366 e. The van der Waals surface area contributed by atoms with Crippen LogP contribution in [0.2, 0.25) is 0 Å². The van der Waals surface area contributed by atoms with E-state index in [1.54, 1.807) is 11.7 Å². The van der Waals surface area contributed by atoms with E-state index >= 15 is 0 Å². The first kappa shape index (κ1) is 20.1. The van der Waals surface area contributed by atoms with Crippen LogP contribution in [0.5, 0.6) is 0 Å². The third-order valence-corrected chi connectivity index (χ3v) is 5.08. The number of hydrogen-bond donors (Lipinski definition) is 1. The summed E-state index contributed by atoms with van der Waals surface area (Å²) in [5.41, 5.74) is 7.99. The van der Waals surface area contributed by atoms with Crippen molar-refractivity contribution in [2.45, 2.75) is 19.5 Å². The third-order valence-electron chi connectivity index (χ3n) is 4.56. The minimum absolute atomic E-state index is 0.0586. The van der Waals surface area contributed by atoms with E-state index in [1.165, 1.54) is 0 Å². The average Bonchev–Trinajstić information content (AvgIpc) is 2.88. The third kappa shape index (κ3) is 3.96. The van der Waals surface area contributed by atoms with Crippen LogP contribution in [0.25, 0.3) is 11.3 Å². The molecule has 2 N–H and O–H groups in total. The van der Waals surface area contributed by atoms with Crippen LogP contribution in [0.15, 0.2) is 46.9 Å². The number of hydrogen-bond acceptors (Lipinski definition) is 2. The summed E-state index contributed by atoms with van der Waals surface area (Å²) in [5, 5.41) is 4.47. The van der Waals surface area contributed by atoms with Crippen LogP contribution in [0.4, 0.5) is 13.2 Å². The summed E-state index contributed by atoms with van der Waals surface area (Å²) in [4.78, 5) is 11.7. The molecule has 146 valence electrons. The van der Waals surface area contributed by atoms with E-state index in [4.69, 9.17) is 5.73 Å². The van der Waals surface area contributed by atoms with Gasteiger partial charge in [-0.15, -0.1) is 0 Å². The molecule has 4 nitrogen and oxygen atoms in total. The quantitative estimate of drug-likeness (QED) is 0.615. The molecule has 0 bridgehead atoms. The summed E-state index contributed by atoms with van der Waals surface area (Å²) >= 11 is 3.39. The Morgan fingerprint density at radius 1 is 1.18 bits per heavy atom. The summed E-state index contributed by atoms with van der Waals surface area (Å²) in [6.45, 7) is 1.86. The molecule has 2 aromatic carbocycles. The fourth-order valence-corrected chi connectivity index (χ4v) is 3.47. The normalized spacial score (nSPS) is 11.6. The van der Waals surface area contributed by atoms with E-state index < -0.39 is 17.6 Å². The van der Waals surface area contributed by atoms with Crippen molar-refractivity contribution in [3.63, 3.8) is 0 Å². The number of amides is 1. The fraction of sp³-hybridized carbons (Fsp3) is 0.200. The van der Waals surface area contributed by atoms with E-state index in [0.717, 1.165) is 39.5 Å². The molecular formula is C20H17BrF3N3O. The lowest BCUT2D eigenvalue weighted by Gasteiger charge is -2.11. The zero-order valence-electron chi connectivity index (χ0n) is 15.1. The number of carbonyl (C=O) groups excluding carboxylic acids is 1. The summed E-state index contributed by atoms with van der Waals surface area (Å²) in [6, 6.07) is 10.6. The maximum Gasteiger partial charge on any atom is 0.416 e. The molecule has 8 heteroatoms. The van der Waals surface area contributed by atoms with Crippen molar-refractivity contribution in [1.29, 1.82) is 0 Å². The van der Waals surface area contributed by atoms with Crippen molar-refractivity contribution in [2.24, 2.45) is 12.8 Å². The molecule has 3 rings (SSSR count). The number of primary amides is 1. The second-order valence-corrected chi connectivity index (χ2v) is 7.38. The summed E-state index contributed by atoms with van der Waals surface area (Å²) in [6.07, 6.45) is -4.44. The second-order valence-electron chi connectivity index (χ2n) is 6.46. The highest BCUT2D eigenvalue weighted by molar-refractivity contribution is 9.10. The Balaban J connectivity index is 2.06. The summed E-state index contributed by atoms with van der Waals surface area (Å²) < 4.78 is 41.9. The number of aryl methyl sites for hydroxylation is 1. The molecule has 0 unspecified atom stereocenters. The van der Waals surface area contributed by atoms with Crippen molar-refractivity contribution in [2.75, 3.05) is 0 Å². The van der Waals surface area contributed by atoms with Crippen LogP contribution in [0.1, 0.15) is 32.7 Å². The van der Waals surface area contributed by atoms with E-state index in [-0.39, 0.29) is 17.5 Å². The van der Waals surface area contributed by atoms with Crippen LogP contribution in [-0.4, -0.2) is 15.7 Å². The Kier molecular flexibility index (Phi) is 5.34. The summed E-state index contributed by atoms with van der Waals surface area (Å²) in [7, 11) is 1.77. The van der Waals surface area contributed by atoms with E-state index in [1.807, 2.05) is 31.2 Å². The topological polar surface area (TPSA) is 60.9 Å². The number of aromatic nitrogens is 2. The van der Waals surface area contributed by atoms with Crippen LogP contribution in [-0.2, 0) is 19.6 Å². The van der Waals surface area contributed by atoms with Gasteiger partial charge in [0.25, 0.3) is 0 Å². The van der Waals surface area contributed by atoms with Gasteiger partial charge in [-0.05, 0) is 48.4 Å². The number of alkyl halides is 3. The van der Waals surface area contributed by atoms with Gasteiger partial charge in [0.1, 0.15) is 0 Å². The molecular weight excluding hydrogens is 435 g/mol. The van der Waals surface area contributed by atoms with E-state index in [2.05, 4.69) is 21.0 Å². The van der Waals surface area contributed by atoms with Gasteiger partial charge in [-0.25, -0.2) is 0 Å². The Morgan fingerprint density at radius 3 is 2.39 bits per heavy atom. The number of halogens is 4. The van der Waals surface area contributed by atoms with Crippen molar-refractivity contribution in [1.82, 2.24) is 9.78 Å². The number of nitrogens with zero attached hydrogens (tertiary/aromatic N) is 2. The van der Waals surface area contributed by atoms with Gasteiger partial charge in [-0.1, -0.05) is 28.1 Å². The van der Waals surface area contributed by atoms with Crippen LogP contribution in [0, 0.1) is 6.92 Å². The average molecular weight is 452 g/mol. The molecule has 3 aromatic rings. The van der Waals surface area contributed by atoms with Crippen molar-refractivity contribution in [3.8, 4) is 11.3 Å². The van der Waals surface area contributed by atoms with E-state index in [9.17, 15) is 18.0 Å². The molecule has 0 radical (unpaired) electrons. The Hall–Kier alpha value is -2.61. The number of benzene rings is 2. The Morgan fingerprint density at radius 2 is 1.82 bits per heavy atom. The SMILES string of the molecule is Cc1c(Cc2cc(C(F)(F)F)ccc2C(N)=O)nn(C)c1-c1ccc(Br)cc1. The van der Waals surface area contributed by atoms with Crippen LogP contribution >= 0.6 is 15.9 Å². The lowest BCUT2D eigenvalue weighted by Crippen LogP contribution is -2.16. The lowest BCUT2D eigenvalue weighted by atomic mass is 9.97. The zero-order chi connectivity index (χ0) is 20.6. The van der Waals surface area contributed by atoms with Crippen molar-refractivity contribution >= 4 is 21.8 Å². The second kappa shape index (κ2) is 7.43. The number of carbonyl (C=O) groups is 1. The molecule has 28 heavy (non-hydrogen) atoms. The van der Waals surface area contributed by atoms with Crippen molar-refractivity contribution in [3.05, 3.63) is 74.9 Å². The molecule has 0 saturated carbocycles. The molecule has 1 heterocycles. The summed E-state index contributed by atoms with van der Waals surface area (Å²) in [5.74, 6) is -0.773. The lowest BCUT2D eigenvalue weighted by molar-refractivity contribution is -0.137. The number of nitrogens with two attached hydrogens (primary N) is 1. The Labute approximate surface area is 168 Å². The first-order chi connectivity index (χ1) is 13.1. The maximum absolute atomic E-state index is 13.1. The predicted molar refractivity (Wildman–Crippen MR) is 104 cm³/mol. The highest BCUT2D eigenvalue weighted by atomic mass is 79.9.